The van der Waals surface area contributed by atoms with Gasteiger partial charge in [0.25, 0.3) is 0 Å². The summed E-state index contributed by atoms with van der Waals surface area (Å²) in [4.78, 5) is 0. The van der Waals surface area contributed by atoms with E-state index in [2.05, 4.69) is 5.32 Å². The van der Waals surface area contributed by atoms with E-state index in [1.54, 1.807) is 0 Å². The molecule has 0 aliphatic heterocycles. The Kier molecular flexibility index (Phi) is 2.92. The maximum Gasteiger partial charge on any atom is 0.0489 e. The standard InChI is InChI=1S/C10H18ClN/c11-9-3-1-2-4-10(9)12-7-8-5-6-8/h8-10,12H,1-7H2. The zero-order valence-electron chi connectivity index (χ0n) is 7.56. The summed E-state index contributed by atoms with van der Waals surface area (Å²) in [5, 5.41) is 4.00. The topological polar surface area (TPSA) is 12.0 Å². The zero-order chi connectivity index (χ0) is 8.39. The van der Waals surface area contributed by atoms with Gasteiger partial charge in [0.1, 0.15) is 0 Å². The van der Waals surface area contributed by atoms with Crippen LogP contribution in [0.15, 0.2) is 0 Å². The Morgan fingerprint density at radius 1 is 1.08 bits per heavy atom. The van der Waals surface area contributed by atoms with Crippen LogP contribution in [0.4, 0.5) is 0 Å². The van der Waals surface area contributed by atoms with Gasteiger partial charge < -0.3 is 5.32 Å². The van der Waals surface area contributed by atoms with E-state index in [9.17, 15) is 0 Å². The summed E-state index contributed by atoms with van der Waals surface area (Å²) in [6.07, 6.45) is 8.07. The molecule has 0 aromatic heterocycles. The van der Waals surface area contributed by atoms with Gasteiger partial charge in [0, 0.05) is 11.4 Å². The van der Waals surface area contributed by atoms with Gasteiger partial charge in [0.05, 0.1) is 0 Å². The molecule has 1 N–H and O–H groups in total. The second-order valence-electron chi connectivity index (χ2n) is 4.26. The van der Waals surface area contributed by atoms with Crippen LogP contribution in [-0.4, -0.2) is 18.0 Å². The van der Waals surface area contributed by atoms with E-state index in [0.717, 1.165) is 5.92 Å². The fourth-order valence-electron chi connectivity index (χ4n) is 1.96. The summed E-state index contributed by atoms with van der Waals surface area (Å²) >= 11 is 6.22. The van der Waals surface area contributed by atoms with Gasteiger partial charge in [0.15, 0.2) is 0 Å². The second-order valence-corrected chi connectivity index (χ2v) is 4.82. The van der Waals surface area contributed by atoms with E-state index in [1.165, 1.54) is 45.1 Å². The summed E-state index contributed by atoms with van der Waals surface area (Å²) in [6.45, 7) is 1.22. The van der Waals surface area contributed by atoms with Crippen molar-refractivity contribution in [3.63, 3.8) is 0 Å². The van der Waals surface area contributed by atoms with Crippen LogP contribution in [0.25, 0.3) is 0 Å². The van der Waals surface area contributed by atoms with E-state index < -0.39 is 0 Å². The summed E-state index contributed by atoms with van der Waals surface area (Å²) in [5.41, 5.74) is 0. The predicted molar refractivity (Wildman–Crippen MR) is 52.6 cm³/mol. The van der Waals surface area contributed by atoms with Gasteiger partial charge in [-0.2, -0.15) is 0 Å². The van der Waals surface area contributed by atoms with E-state index in [-0.39, 0.29) is 0 Å². The Balaban J connectivity index is 1.68. The van der Waals surface area contributed by atoms with Crippen molar-refractivity contribution in [2.24, 2.45) is 5.92 Å². The van der Waals surface area contributed by atoms with Crippen LogP contribution in [0.3, 0.4) is 0 Å². The maximum absolute atomic E-state index is 6.22. The van der Waals surface area contributed by atoms with Crippen LogP contribution in [0.2, 0.25) is 0 Å². The Bertz CT molecular complexity index is 145. The first-order chi connectivity index (χ1) is 5.86. The van der Waals surface area contributed by atoms with Crippen LogP contribution in [-0.2, 0) is 0 Å². The monoisotopic (exact) mass is 187 g/mol. The van der Waals surface area contributed by atoms with Crippen molar-refractivity contribution >= 4 is 11.6 Å². The molecule has 2 atom stereocenters. The minimum absolute atomic E-state index is 0.400. The van der Waals surface area contributed by atoms with Gasteiger partial charge in [-0.25, -0.2) is 0 Å². The number of rotatable bonds is 3. The molecule has 2 unspecified atom stereocenters. The highest BCUT2D eigenvalue weighted by molar-refractivity contribution is 6.21. The third kappa shape index (κ3) is 2.37. The molecule has 0 saturated heterocycles. The van der Waals surface area contributed by atoms with Crippen molar-refractivity contribution in [1.82, 2.24) is 5.32 Å². The minimum atomic E-state index is 0.400. The van der Waals surface area contributed by atoms with Gasteiger partial charge in [-0.05, 0) is 38.1 Å². The highest BCUT2D eigenvalue weighted by Crippen LogP contribution is 2.29. The van der Waals surface area contributed by atoms with E-state index >= 15 is 0 Å². The summed E-state index contributed by atoms with van der Waals surface area (Å²) in [6, 6.07) is 0.612. The van der Waals surface area contributed by atoms with Gasteiger partial charge in [0.2, 0.25) is 0 Å². The molecule has 0 amide bonds. The largest absolute Gasteiger partial charge is 0.312 e. The average molecular weight is 188 g/mol. The Labute approximate surface area is 79.9 Å². The molecule has 2 fully saturated rings. The van der Waals surface area contributed by atoms with E-state index in [1.807, 2.05) is 0 Å². The Morgan fingerprint density at radius 2 is 1.83 bits per heavy atom. The molecule has 2 aliphatic rings. The highest BCUT2D eigenvalue weighted by Gasteiger charge is 2.26. The molecular formula is C10H18ClN. The van der Waals surface area contributed by atoms with Gasteiger partial charge >= 0.3 is 0 Å². The fraction of sp³-hybridized carbons (Fsp3) is 1.00. The molecule has 0 radical (unpaired) electrons. The maximum atomic E-state index is 6.22. The summed E-state index contributed by atoms with van der Waals surface area (Å²) in [5.74, 6) is 0.982. The van der Waals surface area contributed by atoms with Gasteiger partial charge in [-0.1, -0.05) is 12.8 Å². The lowest BCUT2D eigenvalue weighted by Crippen LogP contribution is -2.40. The van der Waals surface area contributed by atoms with Crippen LogP contribution in [0.5, 0.6) is 0 Å². The van der Waals surface area contributed by atoms with Crippen LogP contribution < -0.4 is 5.32 Å². The molecule has 12 heavy (non-hydrogen) atoms. The Morgan fingerprint density at radius 3 is 2.50 bits per heavy atom. The lowest BCUT2D eigenvalue weighted by Gasteiger charge is -2.27. The Hall–Kier alpha value is 0.250. The number of hydrogen-bond acceptors (Lipinski definition) is 1. The third-order valence-electron chi connectivity index (χ3n) is 3.05. The SMILES string of the molecule is ClC1CCCCC1NCC1CC1. The van der Waals surface area contributed by atoms with Gasteiger partial charge in [-0.15, -0.1) is 11.6 Å². The molecule has 2 heteroatoms. The predicted octanol–water partition coefficient (Wildman–Crippen LogP) is 2.54. The van der Waals surface area contributed by atoms with Crippen molar-refractivity contribution in [3.05, 3.63) is 0 Å². The molecule has 0 heterocycles. The zero-order valence-corrected chi connectivity index (χ0v) is 8.32. The molecule has 0 bridgehead atoms. The van der Waals surface area contributed by atoms with E-state index in [4.69, 9.17) is 11.6 Å². The molecule has 70 valence electrons. The fourth-order valence-corrected chi connectivity index (χ4v) is 2.32. The lowest BCUT2D eigenvalue weighted by molar-refractivity contribution is 0.375. The number of nitrogens with one attached hydrogen (secondary N) is 1. The third-order valence-corrected chi connectivity index (χ3v) is 3.57. The van der Waals surface area contributed by atoms with Crippen molar-refractivity contribution in [1.29, 1.82) is 0 Å². The normalized spacial score (nSPS) is 36.8. The van der Waals surface area contributed by atoms with Crippen LogP contribution in [0.1, 0.15) is 38.5 Å². The smallest absolute Gasteiger partial charge is 0.0489 e. The van der Waals surface area contributed by atoms with Crippen LogP contribution >= 0.6 is 11.6 Å². The molecule has 0 aromatic rings. The molecule has 0 aromatic carbocycles. The van der Waals surface area contributed by atoms with Gasteiger partial charge in [-0.3, -0.25) is 0 Å². The first-order valence-corrected chi connectivity index (χ1v) is 5.67. The molecule has 1 nitrogen and oxygen atoms in total. The van der Waals surface area contributed by atoms with Crippen molar-refractivity contribution in [3.8, 4) is 0 Å². The molecule has 0 spiro atoms. The molecular weight excluding hydrogens is 170 g/mol. The quantitative estimate of drug-likeness (QED) is 0.670. The number of hydrogen-bond donors (Lipinski definition) is 1. The highest BCUT2D eigenvalue weighted by atomic mass is 35.5. The second kappa shape index (κ2) is 3.97. The number of halogens is 1. The van der Waals surface area contributed by atoms with Crippen molar-refractivity contribution < 1.29 is 0 Å². The van der Waals surface area contributed by atoms with Crippen LogP contribution in [0, 0.1) is 5.92 Å². The summed E-state index contributed by atoms with van der Waals surface area (Å²) < 4.78 is 0. The van der Waals surface area contributed by atoms with Crippen molar-refractivity contribution in [2.75, 3.05) is 6.54 Å². The van der Waals surface area contributed by atoms with Crippen molar-refractivity contribution in [2.45, 2.75) is 49.9 Å². The lowest BCUT2D eigenvalue weighted by atomic mass is 9.95. The number of alkyl halides is 1. The first kappa shape index (κ1) is 8.83. The molecule has 2 rings (SSSR count). The minimum Gasteiger partial charge on any atom is -0.312 e. The summed E-state index contributed by atoms with van der Waals surface area (Å²) in [7, 11) is 0. The molecule has 2 saturated carbocycles. The van der Waals surface area contributed by atoms with E-state index in [0.29, 0.717) is 11.4 Å². The average Bonchev–Trinajstić information content (AvgIpc) is 2.86. The first-order valence-electron chi connectivity index (χ1n) is 5.24. The molecule has 2 aliphatic carbocycles.